The highest BCUT2D eigenvalue weighted by atomic mass is 16.7. The summed E-state index contributed by atoms with van der Waals surface area (Å²) in [7, 11) is -0.403. The lowest BCUT2D eigenvalue weighted by atomic mass is 9.78. The van der Waals surface area contributed by atoms with Gasteiger partial charge in [-0.25, -0.2) is 9.78 Å². The molecule has 3 fully saturated rings. The number of nitrogens with two attached hydrogens (primary N) is 1. The zero-order chi connectivity index (χ0) is 30.0. The standard InChI is InChI=1S/C32H41BN4O5/c1-18(2)25(17-40-30(34)39)29(38)37-24-12-10-22(15-24)27(37)28-35-16-26(36-28)21-8-7-20-14-23(11-9-19(20)13-21)33-41-31(3,4)32(5,6)42-33/h7-9,11,13-14,16,18,22,24-25,27H,10,12,15,17H2,1-6H3,(H2,34,39)(H,35,36). The van der Waals surface area contributed by atoms with Crippen molar-refractivity contribution in [2.45, 2.75) is 84.1 Å². The number of nitrogens with one attached hydrogen (secondary N) is 1. The molecular formula is C32H41BN4O5. The fourth-order valence-corrected chi connectivity index (χ4v) is 6.76. The summed E-state index contributed by atoms with van der Waals surface area (Å²) in [4.78, 5) is 35.4. The Hall–Kier alpha value is -3.37. The van der Waals surface area contributed by atoms with E-state index in [4.69, 9.17) is 24.8 Å². The highest BCUT2D eigenvalue weighted by Crippen LogP contribution is 2.50. The Balaban J connectivity index is 1.24. The van der Waals surface area contributed by atoms with Gasteiger partial charge >= 0.3 is 13.2 Å². The summed E-state index contributed by atoms with van der Waals surface area (Å²) in [5, 5.41) is 2.21. The smallest absolute Gasteiger partial charge is 0.449 e. The maximum Gasteiger partial charge on any atom is 0.494 e. The number of amides is 2. The van der Waals surface area contributed by atoms with Gasteiger partial charge in [0.15, 0.2) is 0 Å². The maximum atomic E-state index is 13.8. The third kappa shape index (κ3) is 4.98. The predicted molar refractivity (Wildman–Crippen MR) is 162 cm³/mol. The zero-order valence-electron chi connectivity index (χ0n) is 25.3. The van der Waals surface area contributed by atoms with Gasteiger partial charge in [-0.05, 0) is 81.1 Å². The van der Waals surface area contributed by atoms with Crippen molar-refractivity contribution in [2.24, 2.45) is 23.5 Å². The number of fused-ring (bicyclic) bond motifs is 3. The van der Waals surface area contributed by atoms with Gasteiger partial charge in [0, 0.05) is 11.6 Å². The van der Waals surface area contributed by atoms with Gasteiger partial charge in [-0.1, -0.05) is 44.2 Å². The van der Waals surface area contributed by atoms with Gasteiger partial charge in [0.25, 0.3) is 0 Å². The van der Waals surface area contributed by atoms with Gasteiger partial charge in [-0.3, -0.25) is 4.79 Å². The van der Waals surface area contributed by atoms with E-state index < -0.39 is 19.1 Å². The largest absolute Gasteiger partial charge is 0.494 e. The molecule has 42 heavy (non-hydrogen) atoms. The van der Waals surface area contributed by atoms with Crippen molar-refractivity contribution in [3.8, 4) is 11.3 Å². The summed E-state index contributed by atoms with van der Waals surface area (Å²) in [6.45, 7) is 12.2. The number of carbonyl (C=O) groups excluding carboxylic acids is 2. The number of aromatic nitrogens is 2. The molecule has 0 radical (unpaired) electrons. The van der Waals surface area contributed by atoms with Crippen LogP contribution in [0.4, 0.5) is 4.79 Å². The van der Waals surface area contributed by atoms with E-state index in [2.05, 4.69) is 69.1 Å². The summed E-state index contributed by atoms with van der Waals surface area (Å²) < 4.78 is 17.6. The van der Waals surface area contributed by atoms with Crippen LogP contribution in [0.2, 0.25) is 0 Å². The van der Waals surface area contributed by atoms with Crippen molar-refractivity contribution in [1.29, 1.82) is 0 Å². The van der Waals surface area contributed by atoms with Gasteiger partial charge in [-0.2, -0.15) is 0 Å². The Morgan fingerprint density at radius 3 is 2.48 bits per heavy atom. The number of imidazole rings is 1. The quantitative estimate of drug-likeness (QED) is 0.387. The molecule has 0 spiro atoms. The summed E-state index contributed by atoms with van der Waals surface area (Å²) in [5.74, 6) is 0.723. The first-order valence-corrected chi connectivity index (χ1v) is 15.0. The number of aromatic amines is 1. The molecule has 6 rings (SSSR count). The number of benzene rings is 2. The number of hydrogen-bond acceptors (Lipinski definition) is 6. The van der Waals surface area contributed by atoms with E-state index in [1.807, 2.05) is 24.9 Å². The van der Waals surface area contributed by atoms with Crippen LogP contribution in [0.25, 0.3) is 22.0 Å². The molecule has 2 bridgehead atoms. The van der Waals surface area contributed by atoms with Crippen molar-refractivity contribution in [3.63, 3.8) is 0 Å². The van der Waals surface area contributed by atoms with E-state index in [0.717, 1.165) is 52.6 Å². The van der Waals surface area contributed by atoms with Crippen LogP contribution in [0.1, 0.15) is 72.7 Å². The second-order valence-electron chi connectivity index (χ2n) is 13.5. The van der Waals surface area contributed by atoms with E-state index >= 15 is 0 Å². The normalized spacial score (nSPS) is 25.0. The van der Waals surface area contributed by atoms with Crippen LogP contribution in [-0.2, 0) is 18.8 Å². The van der Waals surface area contributed by atoms with Crippen LogP contribution in [0.3, 0.4) is 0 Å². The van der Waals surface area contributed by atoms with Crippen molar-refractivity contribution in [3.05, 3.63) is 48.4 Å². The molecule has 9 nitrogen and oxygen atoms in total. The van der Waals surface area contributed by atoms with Crippen LogP contribution in [-0.4, -0.2) is 57.8 Å². The highest BCUT2D eigenvalue weighted by molar-refractivity contribution is 6.62. The van der Waals surface area contributed by atoms with E-state index in [1.54, 1.807) is 0 Å². The second kappa shape index (κ2) is 10.4. The number of carbonyl (C=O) groups is 2. The molecule has 3 aliphatic rings. The van der Waals surface area contributed by atoms with Gasteiger partial charge in [0.05, 0.1) is 35.1 Å². The Morgan fingerprint density at radius 2 is 1.79 bits per heavy atom. The van der Waals surface area contributed by atoms with E-state index in [-0.39, 0.29) is 41.7 Å². The Morgan fingerprint density at radius 1 is 1.10 bits per heavy atom. The summed E-state index contributed by atoms with van der Waals surface area (Å²) in [6.07, 6.45) is 4.03. The van der Waals surface area contributed by atoms with Crippen LogP contribution in [0.15, 0.2) is 42.6 Å². The first-order chi connectivity index (χ1) is 19.8. The average Bonchev–Trinajstić information content (AvgIpc) is 3.71. The van der Waals surface area contributed by atoms with Crippen LogP contribution in [0, 0.1) is 17.8 Å². The van der Waals surface area contributed by atoms with Crippen LogP contribution < -0.4 is 11.2 Å². The van der Waals surface area contributed by atoms with Crippen molar-refractivity contribution < 1.29 is 23.6 Å². The maximum absolute atomic E-state index is 13.8. The second-order valence-corrected chi connectivity index (χ2v) is 13.5. The monoisotopic (exact) mass is 572 g/mol. The first kappa shape index (κ1) is 28.7. The van der Waals surface area contributed by atoms with Crippen molar-refractivity contribution >= 4 is 35.4 Å². The van der Waals surface area contributed by atoms with Gasteiger partial charge < -0.3 is 29.7 Å². The third-order valence-electron chi connectivity index (χ3n) is 9.94. The number of H-pyrrole nitrogens is 1. The van der Waals surface area contributed by atoms with Crippen LogP contribution >= 0.6 is 0 Å². The SMILES string of the molecule is CC(C)C(COC(N)=O)C(=O)N1C2CCC(C2)C1c1ncc(-c2ccc3cc(B4OC(C)(C)C(C)(C)O4)ccc3c2)[nH]1. The molecule has 222 valence electrons. The lowest BCUT2D eigenvalue weighted by Crippen LogP contribution is -2.46. The minimum absolute atomic E-state index is 0.00454. The number of primary amides is 1. The van der Waals surface area contributed by atoms with E-state index in [1.165, 1.54) is 0 Å². The first-order valence-electron chi connectivity index (χ1n) is 15.0. The van der Waals surface area contributed by atoms with Crippen molar-refractivity contribution in [1.82, 2.24) is 14.9 Å². The highest BCUT2D eigenvalue weighted by Gasteiger charge is 2.52. The molecule has 2 aromatic carbocycles. The molecule has 1 aromatic heterocycles. The molecular weight excluding hydrogens is 531 g/mol. The zero-order valence-corrected chi connectivity index (χ0v) is 25.3. The molecule has 2 amide bonds. The molecule has 3 N–H and O–H groups in total. The summed E-state index contributed by atoms with van der Waals surface area (Å²) >= 11 is 0. The number of nitrogens with zero attached hydrogens (tertiary/aromatic N) is 2. The van der Waals surface area contributed by atoms with Gasteiger partial charge in [0.2, 0.25) is 5.91 Å². The van der Waals surface area contributed by atoms with E-state index in [0.29, 0.717) is 5.92 Å². The van der Waals surface area contributed by atoms with Gasteiger partial charge in [0.1, 0.15) is 12.4 Å². The number of hydrogen-bond donors (Lipinski definition) is 2. The predicted octanol–water partition coefficient (Wildman–Crippen LogP) is 4.95. The molecule has 3 heterocycles. The Bertz CT molecular complexity index is 1500. The Labute approximate surface area is 247 Å². The number of ether oxygens (including phenoxy) is 1. The fraction of sp³-hybridized carbons (Fsp3) is 0.531. The lowest BCUT2D eigenvalue weighted by molar-refractivity contribution is -0.143. The molecule has 2 aliphatic heterocycles. The minimum atomic E-state index is -0.858. The molecule has 4 unspecified atom stereocenters. The van der Waals surface area contributed by atoms with Gasteiger partial charge in [-0.15, -0.1) is 0 Å². The Kier molecular flexibility index (Phi) is 7.13. The molecule has 1 saturated carbocycles. The topological polar surface area (TPSA) is 120 Å². The number of rotatable bonds is 7. The summed E-state index contributed by atoms with van der Waals surface area (Å²) in [5.41, 5.74) is 7.37. The average molecular weight is 573 g/mol. The molecule has 1 aliphatic carbocycles. The molecule has 3 aromatic rings. The van der Waals surface area contributed by atoms with Crippen molar-refractivity contribution in [2.75, 3.05) is 6.61 Å². The fourth-order valence-electron chi connectivity index (χ4n) is 6.76. The number of piperidine rings is 1. The molecule has 2 saturated heterocycles. The molecule has 10 heteroatoms. The van der Waals surface area contributed by atoms with E-state index in [9.17, 15) is 9.59 Å². The minimum Gasteiger partial charge on any atom is -0.449 e. The number of likely N-dealkylation sites (tertiary alicyclic amines) is 1. The third-order valence-corrected chi connectivity index (χ3v) is 9.94. The summed E-state index contributed by atoms with van der Waals surface area (Å²) in [6, 6.07) is 12.7. The molecule has 4 atom stereocenters. The van der Waals surface area contributed by atoms with Crippen LogP contribution in [0.5, 0.6) is 0 Å². The lowest BCUT2D eigenvalue weighted by Gasteiger charge is -2.37.